The van der Waals surface area contributed by atoms with Crippen molar-refractivity contribution in [3.8, 4) is 16.3 Å². The molecule has 1 aliphatic carbocycles. The van der Waals surface area contributed by atoms with Crippen LogP contribution in [0.5, 0.6) is 5.75 Å². The van der Waals surface area contributed by atoms with E-state index in [0.717, 1.165) is 34.7 Å². The Kier molecular flexibility index (Phi) is 5.58. The molecule has 0 atom stereocenters. The molecule has 1 aliphatic rings. The molecule has 2 aromatic heterocycles. The second-order valence-corrected chi connectivity index (χ2v) is 9.89. The third-order valence-electron chi connectivity index (χ3n) is 6.27. The van der Waals surface area contributed by atoms with Crippen LogP contribution in [0, 0.1) is 6.92 Å². The summed E-state index contributed by atoms with van der Waals surface area (Å²) in [6.45, 7) is 2.36. The maximum atomic E-state index is 12.7. The highest BCUT2D eigenvalue weighted by Gasteiger charge is 2.14. The molecule has 0 aliphatic heterocycles. The molecule has 3 aromatic carbocycles. The Hall–Kier alpha value is -3.90. The highest BCUT2D eigenvalue weighted by molar-refractivity contribution is 7.21. The number of nitrogens with one attached hydrogen (secondary N) is 1. The van der Waals surface area contributed by atoms with Crippen LogP contribution >= 0.6 is 11.3 Å². The molecule has 5 nitrogen and oxygen atoms in total. The summed E-state index contributed by atoms with van der Waals surface area (Å²) >= 11 is 1.67. The molecule has 1 amide bonds. The molecule has 0 saturated carbocycles. The number of thiazole rings is 1. The number of nitrogens with zero attached hydrogens (tertiary/aromatic N) is 1. The van der Waals surface area contributed by atoms with Gasteiger partial charge in [-0.2, -0.15) is 0 Å². The van der Waals surface area contributed by atoms with E-state index in [0.29, 0.717) is 11.4 Å². The van der Waals surface area contributed by atoms with Crippen LogP contribution in [0.1, 0.15) is 39.4 Å². The van der Waals surface area contributed by atoms with E-state index in [-0.39, 0.29) is 18.3 Å². The average Bonchev–Trinajstić information content (AvgIpc) is 3.62. The lowest BCUT2D eigenvalue weighted by atomic mass is 10.1. The Labute approximate surface area is 207 Å². The predicted octanol–water partition coefficient (Wildman–Crippen LogP) is 7.18. The summed E-state index contributed by atoms with van der Waals surface area (Å²) in [6, 6.07) is 23.7. The van der Waals surface area contributed by atoms with Crippen molar-refractivity contribution >= 4 is 33.1 Å². The van der Waals surface area contributed by atoms with Gasteiger partial charge in [0.25, 0.3) is 5.91 Å². The zero-order valence-corrected chi connectivity index (χ0v) is 20.2. The molecule has 6 heteroatoms. The normalized spacial score (nSPS) is 12.6. The number of hydrogen-bond acceptors (Lipinski definition) is 5. The van der Waals surface area contributed by atoms with Gasteiger partial charge in [0.1, 0.15) is 23.1 Å². The molecule has 0 saturated heterocycles. The van der Waals surface area contributed by atoms with E-state index in [2.05, 4.69) is 36.5 Å². The van der Waals surface area contributed by atoms with Gasteiger partial charge in [0, 0.05) is 11.3 Å². The molecule has 0 fully saturated rings. The van der Waals surface area contributed by atoms with Gasteiger partial charge in [-0.3, -0.25) is 4.79 Å². The average molecular weight is 481 g/mol. The van der Waals surface area contributed by atoms with E-state index in [1.807, 2.05) is 36.4 Å². The Balaban J connectivity index is 1.08. The lowest BCUT2D eigenvalue weighted by Gasteiger charge is -2.07. The second kappa shape index (κ2) is 9.04. The quantitative estimate of drug-likeness (QED) is 0.279. The number of amides is 1. The number of rotatable bonds is 6. The molecule has 5 aromatic rings. The number of hydrogen-bond donors (Lipinski definition) is 1. The van der Waals surface area contributed by atoms with E-state index < -0.39 is 0 Å². The lowest BCUT2D eigenvalue weighted by molar-refractivity contribution is 0.0992. The maximum Gasteiger partial charge on any atom is 0.291 e. The topological polar surface area (TPSA) is 64.4 Å². The Morgan fingerprint density at radius 3 is 2.74 bits per heavy atom. The fourth-order valence-electron chi connectivity index (χ4n) is 4.41. The van der Waals surface area contributed by atoms with Gasteiger partial charge in [-0.15, -0.1) is 11.3 Å². The summed E-state index contributed by atoms with van der Waals surface area (Å²) in [5.74, 6) is 1.40. The van der Waals surface area contributed by atoms with Gasteiger partial charge in [0.2, 0.25) is 0 Å². The van der Waals surface area contributed by atoms with E-state index in [9.17, 15) is 4.79 Å². The molecule has 1 N–H and O–H groups in total. The van der Waals surface area contributed by atoms with E-state index in [1.54, 1.807) is 23.5 Å². The number of aryl methyl sites for hydroxylation is 3. The Morgan fingerprint density at radius 1 is 1.00 bits per heavy atom. The van der Waals surface area contributed by atoms with Crippen molar-refractivity contribution in [2.24, 2.45) is 0 Å². The van der Waals surface area contributed by atoms with Gasteiger partial charge in [0.15, 0.2) is 5.76 Å². The largest absolute Gasteiger partial charge is 0.486 e. The number of anilines is 1. The van der Waals surface area contributed by atoms with Gasteiger partial charge in [0.05, 0.1) is 10.2 Å². The van der Waals surface area contributed by atoms with E-state index >= 15 is 0 Å². The first-order chi connectivity index (χ1) is 17.1. The number of fused-ring (bicyclic) bond motifs is 2. The molecule has 0 unspecified atom stereocenters. The van der Waals surface area contributed by atoms with Crippen LogP contribution in [0.4, 0.5) is 5.69 Å². The van der Waals surface area contributed by atoms with Crippen molar-refractivity contribution in [3.05, 3.63) is 101 Å². The summed E-state index contributed by atoms with van der Waals surface area (Å²) in [7, 11) is 0. The van der Waals surface area contributed by atoms with Crippen molar-refractivity contribution < 1.29 is 13.9 Å². The number of carbonyl (C=O) groups excluding carboxylic acids is 1. The third kappa shape index (κ3) is 4.57. The van der Waals surface area contributed by atoms with Crippen LogP contribution in [-0.4, -0.2) is 10.9 Å². The van der Waals surface area contributed by atoms with Gasteiger partial charge in [-0.05, 0) is 104 Å². The van der Waals surface area contributed by atoms with E-state index in [1.165, 1.54) is 27.8 Å². The van der Waals surface area contributed by atoms with Crippen molar-refractivity contribution in [2.45, 2.75) is 32.8 Å². The number of furan rings is 1. The highest BCUT2D eigenvalue weighted by Crippen LogP contribution is 2.31. The highest BCUT2D eigenvalue weighted by atomic mass is 32.1. The number of ether oxygens (including phenoxy) is 1. The summed E-state index contributed by atoms with van der Waals surface area (Å²) in [5, 5.41) is 3.86. The summed E-state index contributed by atoms with van der Waals surface area (Å²) in [5.41, 5.74) is 6.72. The lowest BCUT2D eigenvalue weighted by Crippen LogP contribution is -2.10. The molecule has 0 bridgehead atoms. The first-order valence-corrected chi connectivity index (χ1v) is 12.5. The third-order valence-corrected chi connectivity index (χ3v) is 7.34. The standard InChI is InChI=1S/C29H24N2O3S/c1-18-5-13-25-27(15-18)35-29(31-25)20-6-9-22(10-7-20)30-28(32)26-14-12-24(34-26)17-33-23-11-8-19-3-2-4-21(19)16-23/h5-16H,2-4,17H2,1H3,(H,30,32). The first kappa shape index (κ1) is 21.6. The van der Waals surface area contributed by atoms with Crippen LogP contribution in [0.2, 0.25) is 0 Å². The van der Waals surface area contributed by atoms with Crippen molar-refractivity contribution in [1.29, 1.82) is 0 Å². The summed E-state index contributed by atoms with van der Waals surface area (Å²) in [6.07, 6.45) is 3.47. The van der Waals surface area contributed by atoms with Crippen molar-refractivity contribution in [2.75, 3.05) is 5.32 Å². The molecule has 35 heavy (non-hydrogen) atoms. The molecular formula is C29H24N2O3S. The fraction of sp³-hybridized carbons (Fsp3) is 0.172. The first-order valence-electron chi connectivity index (χ1n) is 11.7. The predicted molar refractivity (Wildman–Crippen MR) is 139 cm³/mol. The monoisotopic (exact) mass is 480 g/mol. The SMILES string of the molecule is Cc1ccc2nc(-c3ccc(NC(=O)c4ccc(COc5ccc6c(c5)CCC6)o4)cc3)sc2c1. The maximum absolute atomic E-state index is 12.7. The number of aromatic nitrogens is 1. The van der Waals surface area contributed by atoms with Gasteiger partial charge in [-0.25, -0.2) is 4.98 Å². The van der Waals surface area contributed by atoms with E-state index in [4.69, 9.17) is 14.1 Å². The minimum Gasteiger partial charge on any atom is -0.486 e. The number of carbonyl (C=O) groups is 1. The smallest absolute Gasteiger partial charge is 0.291 e. The van der Waals surface area contributed by atoms with Gasteiger partial charge in [-0.1, -0.05) is 12.1 Å². The zero-order chi connectivity index (χ0) is 23.8. The minimum atomic E-state index is -0.294. The van der Waals surface area contributed by atoms with Crippen LogP contribution in [0.3, 0.4) is 0 Å². The van der Waals surface area contributed by atoms with Crippen LogP contribution < -0.4 is 10.1 Å². The Morgan fingerprint density at radius 2 is 1.86 bits per heavy atom. The summed E-state index contributed by atoms with van der Waals surface area (Å²) < 4.78 is 12.8. The zero-order valence-electron chi connectivity index (χ0n) is 19.3. The van der Waals surface area contributed by atoms with Gasteiger partial charge >= 0.3 is 0 Å². The fourth-order valence-corrected chi connectivity index (χ4v) is 5.48. The molecule has 174 valence electrons. The van der Waals surface area contributed by atoms with Crippen molar-refractivity contribution in [3.63, 3.8) is 0 Å². The molecular weight excluding hydrogens is 456 g/mol. The van der Waals surface area contributed by atoms with Crippen LogP contribution in [0.15, 0.2) is 77.2 Å². The van der Waals surface area contributed by atoms with Crippen LogP contribution in [0.25, 0.3) is 20.8 Å². The molecule has 6 rings (SSSR count). The Bertz CT molecular complexity index is 1530. The second-order valence-electron chi connectivity index (χ2n) is 8.86. The van der Waals surface area contributed by atoms with Crippen molar-refractivity contribution in [1.82, 2.24) is 4.98 Å². The summed E-state index contributed by atoms with van der Waals surface area (Å²) in [4.78, 5) is 17.4. The molecule has 0 spiro atoms. The minimum absolute atomic E-state index is 0.253. The molecule has 2 heterocycles. The van der Waals surface area contributed by atoms with Crippen LogP contribution in [-0.2, 0) is 19.4 Å². The number of benzene rings is 3. The van der Waals surface area contributed by atoms with Gasteiger partial charge < -0.3 is 14.5 Å². The molecule has 0 radical (unpaired) electrons.